The molecular weight excluding hydrogens is 212 g/mol. The van der Waals surface area contributed by atoms with Gasteiger partial charge >= 0.3 is 0 Å². The van der Waals surface area contributed by atoms with Gasteiger partial charge < -0.3 is 10.6 Å². The van der Waals surface area contributed by atoms with Crippen molar-refractivity contribution < 1.29 is 4.79 Å². The molecule has 1 amide bonds. The lowest BCUT2D eigenvalue weighted by Crippen LogP contribution is -2.50. The standard InChI is InChI=1S/C14H20N2O/c1-14(2,3)12(15)13(17)16-9-8-10-6-4-5-7-11(10)16/h4-7,12H,8-9,15H2,1-3H3/t12-/m1/s1. The van der Waals surface area contributed by atoms with E-state index in [1.807, 2.05) is 43.9 Å². The van der Waals surface area contributed by atoms with E-state index in [2.05, 4.69) is 6.07 Å². The molecule has 17 heavy (non-hydrogen) atoms. The van der Waals surface area contributed by atoms with Crippen LogP contribution in [0.4, 0.5) is 5.69 Å². The third-order valence-corrected chi connectivity index (χ3v) is 3.35. The summed E-state index contributed by atoms with van der Waals surface area (Å²) in [4.78, 5) is 14.2. The zero-order valence-corrected chi connectivity index (χ0v) is 10.7. The molecule has 1 aromatic rings. The summed E-state index contributed by atoms with van der Waals surface area (Å²) in [5, 5.41) is 0. The molecule has 0 unspecified atom stereocenters. The van der Waals surface area contributed by atoms with Crippen molar-refractivity contribution in [3.8, 4) is 0 Å². The van der Waals surface area contributed by atoms with Gasteiger partial charge in [-0.1, -0.05) is 39.0 Å². The fourth-order valence-electron chi connectivity index (χ4n) is 2.11. The summed E-state index contributed by atoms with van der Waals surface area (Å²) in [7, 11) is 0. The number of nitrogens with zero attached hydrogens (tertiary/aromatic N) is 1. The number of hydrogen-bond acceptors (Lipinski definition) is 2. The Bertz CT molecular complexity index is 434. The number of hydrogen-bond donors (Lipinski definition) is 1. The molecule has 1 atom stereocenters. The highest BCUT2D eigenvalue weighted by molar-refractivity contribution is 5.99. The molecule has 0 aromatic heterocycles. The Morgan fingerprint density at radius 3 is 2.65 bits per heavy atom. The molecular formula is C14H20N2O. The molecule has 1 aromatic carbocycles. The van der Waals surface area contributed by atoms with Gasteiger partial charge in [0.2, 0.25) is 5.91 Å². The molecule has 3 nitrogen and oxygen atoms in total. The van der Waals surface area contributed by atoms with Crippen LogP contribution in [-0.4, -0.2) is 18.5 Å². The highest BCUT2D eigenvalue weighted by atomic mass is 16.2. The molecule has 0 saturated carbocycles. The second-order valence-corrected chi connectivity index (χ2v) is 5.71. The van der Waals surface area contributed by atoms with E-state index in [9.17, 15) is 4.79 Å². The molecule has 0 aliphatic carbocycles. The molecule has 2 N–H and O–H groups in total. The van der Waals surface area contributed by atoms with Crippen LogP contribution in [0.15, 0.2) is 24.3 Å². The lowest BCUT2D eigenvalue weighted by atomic mass is 9.86. The smallest absolute Gasteiger partial charge is 0.244 e. The maximum atomic E-state index is 12.4. The van der Waals surface area contributed by atoms with Crippen LogP contribution in [0.3, 0.4) is 0 Å². The summed E-state index contributed by atoms with van der Waals surface area (Å²) in [5.74, 6) is 0.0300. The number of anilines is 1. The van der Waals surface area contributed by atoms with Crippen LogP contribution in [-0.2, 0) is 11.2 Å². The fraction of sp³-hybridized carbons (Fsp3) is 0.500. The Morgan fingerprint density at radius 2 is 2.00 bits per heavy atom. The normalized spacial score (nSPS) is 16.8. The summed E-state index contributed by atoms with van der Waals surface area (Å²) >= 11 is 0. The zero-order valence-electron chi connectivity index (χ0n) is 10.7. The molecule has 3 heteroatoms. The van der Waals surface area contributed by atoms with Gasteiger partial charge in [-0.25, -0.2) is 0 Å². The van der Waals surface area contributed by atoms with Gasteiger partial charge in [-0.2, -0.15) is 0 Å². The number of carbonyl (C=O) groups is 1. The van der Waals surface area contributed by atoms with Gasteiger partial charge in [-0.15, -0.1) is 0 Å². The average Bonchev–Trinajstić information content (AvgIpc) is 2.69. The Kier molecular flexibility index (Phi) is 2.96. The highest BCUT2D eigenvalue weighted by Crippen LogP contribution is 2.29. The molecule has 0 bridgehead atoms. The van der Waals surface area contributed by atoms with Crippen LogP contribution in [0.5, 0.6) is 0 Å². The first kappa shape index (κ1) is 12.1. The SMILES string of the molecule is CC(C)(C)[C@H](N)C(=O)N1CCc2ccccc21. The quantitative estimate of drug-likeness (QED) is 0.804. The van der Waals surface area contributed by atoms with Crippen molar-refractivity contribution in [2.45, 2.75) is 33.2 Å². The first-order valence-corrected chi connectivity index (χ1v) is 6.06. The minimum Gasteiger partial charge on any atom is -0.319 e. The van der Waals surface area contributed by atoms with Crippen LogP contribution in [0.25, 0.3) is 0 Å². The molecule has 0 radical (unpaired) electrons. The van der Waals surface area contributed by atoms with Gasteiger partial charge in [0.1, 0.15) is 0 Å². The van der Waals surface area contributed by atoms with E-state index in [4.69, 9.17) is 5.73 Å². The summed E-state index contributed by atoms with van der Waals surface area (Å²) in [6.07, 6.45) is 0.929. The second-order valence-electron chi connectivity index (χ2n) is 5.71. The van der Waals surface area contributed by atoms with Crippen molar-refractivity contribution in [3.63, 3.8) is 0 Å². The van der Waals surface area contributed by atoms with Gasteiger partial charge in [-0.05, 0) is 23.5 Å². The van der Waals surface area contributed by atoms with Crippen molar-refractivity contribution in [1.29, 1.82) is 0 Å². The van der Waals surface area contributed by atoms with Gasteiger partial charge in [0.05, 0.1) is 6.04 Å². The number of benzene rings is 1. The Labute approximate surface area is 103 Å². The molecule has 0 saturated heterocycles. The van der Waals surface area contributed by atoms with E-state index < -0.39 is 6.04 Å². The molecule has 92 valence electrons. The van der Waals surface area contributed by atoms with Gasteiger partial charge in [0.15, 0.2) is 0 Å². The molecule has 2 rings (SSSR count). The lowest BCUT2D eigenvalue weighted by molar-refractivity contribution is -0.121. The van der Waals surface area contributed by atoms with E-state index in [1.54, 1.807) is 0 Å². The number of amides is 1. The van der Waals surface area contributed by atoms with Crippen LogP contribution in [0, 0.1) is 5.41 Å². The predicted octanol–water partition coefficient (Wildman–Crippen LogP) is 1.95. The summed E-state index contributed by atoms with van der Waals surface area (Å²) in [6.45, 7) is 6.74. The van der Waals surface area contributed by atoms with Crippen LogP contribution in [0.2, 0.25) is 0 Å². The van der Waals surface area contributed by atoms with Gasteiger partial charge in [-0.3, -0.25) is 4.79 Å². The third-order valence-electron chi connectivity index (χ3n) is 3.35. The van der Waals surface area contributed by atoms with E-state index in [0.717, 1.165) is 18.7 Å². The maximum absolute atomic E-state index is 12.4. The lowest BCUT2D eigenvalue weighted by Gasteiger charge is -2.30. The minimum absolute atomic E-state index is 0.0300. The van der Waals surface area contributed by atoms with Crippen molar-refractivity contribution in [3.05, 3.63) is 29.8 Å². The predicted molar refractivity (Wildman–Crippen MR) is 69.9 cm³/mol. The Balaban J connectivity index is 2.24. The van der Waals surface area contributed by atoms with Crippen molar-refractivity contribution >= 4 is 11.6 Å². The first-order valence-electron chi connectivity index (χ1n) is 6.06. The zero-order chi connectivity index (χ0) is 12.6. The van der Waals surface area contributed by atoms with Crippen molar-refractivity contribution in [1.82, 2.24) is 0 Å². The third kappa shape index (κ3) is 2.20. The fourth-order valence-corrected chi connectivity index (χ4v) is 2.11. The van der Waals surface area contributed by atoms with E-state index in [-0.39, 0.29) is 11.3 Å². The van der Waals surface area contributed by atoms with Gasteiger partial charge in [0, 0.05) is 12.2 Å². The summed E-state index contributed by atoms with van der Waals surface area (Å²) < 4.78 is 0. The topological polar surface area (TPSA) is 46.3 Å². The maximum Gasteiger partial charge on any atom is 0.244 e. The number of nitrogens with two attached hydrogens (primary N) is 1. The van der Waals surface area contributed by atoms with Gasteiger partial charge in [0.25, 0.3) is 0 Å². The largest absolute Gasteiger partial charge is 0.319 e. The number of para-hydroxylation sites is 1. The summed E-state index contributed by atoms with van der Waals surface area (Å²) in [6, 6.07) is 7.60. The Morgan fingerprint density at radius 1 is 1.35 bits per heavy atom. The highest BCUT2D eigenvalue weighted by Gasteiger charge is 2.34. The molecule has 1 heterocycles. The minimum atomic E-state index is -0.450. The van der Waals surface area contributed by atoms with Crippen LogP contribution < -0.4 is 10.6 Å². The van der Waals surface area contributed by atoms with Crippen LogP contribution >= 0.6 is 0 Å². The van der Waals surface area contributed by atoms with Crippen molar-refractivity contribution in [2.24, 2.45) is 11.1 Å². The van der Waals surface area contributed by atoms with E-state index >= 15 is 0 Å². The number of fused-ring (bicyclic) bond motifs is 1. The molecule has 1 aliphatic rings. The number of carbonyl (C=O) groups excluding carboxylic acids is 1. The second kappa shape index (κ2) is 4.15. The first-order chi connectivity index (χ1) is 7.91. The van der Waals surface area contributed by atoms with E-state index in [0.29, 0.717) is 0 Å². The number of rotatable bonds is 1. The van der Waals surface area contributed by atoms with E-state index in [1.165, 1.54) is 5.56 Å². The molecule has 0 fully saturated rings. The monoisotopic (exact) mass is 232 g/mol. The van der Waals surface area contributed by atoms with Crippen LogP contribution in [0.1, 0.15) is 26.3 Å². The average molecular weight is 232 g/mol. The summed E-state index contributed by atoms with van der Waals surface area (Å²) in [5.41, 5.74) is 8.10. The Hall–Kier alpha value is -1.35. The molecule has 0 spiro atoms. The van der Waals surface area contributed by atoms with Crippen molar-refractivity contribution in [2.75, 3.05) is 11.4 Å². The molecule has 1 aliphatic heterocycles.